The first-order valence-electron chi connectivity index (χ1n) is 6.03. The second-order valence-corrected chi connectivity index (χ2v) is 4.59. The lowest BCUT2D eigenvalue weighted by Gasteiger charge is -2.05. The summed E-state index contributed by atoms with van der Waals surface area (Å²) in [6.45, 7) is 1.11. The highest BCUT2D eigenvalue weighted by Gasteiger charge is 2.38. The van der Waals surface area contributed by atoms with Crippen LogP contribution in [0.2, 0.25) is 0 Å². The molecule has 0 aliphatic heterocycles. The molecule has 0 saturated heterocycles. The molecule has 2 rings (SSSR count). The third-order valence-electron chi connectivity index (χ3n) is 2.65. The van der Waals surface area contributed by atoms with E-state index in [9.17, 15) is 31.1 Å². The Labute approximate surface area is 125 Å². The summed E-state index contributed by atoms with van der Waals surface area (Å²) in [5.41, 5.74) is -1.87. The Bertz CT molecular complexity index is 717. The molecule has 0 aromatic carbocycles. The molecule has 2 aromatic heterocycles. The van der Waals surface area contributed by atoms with Crippen molar-refractivity contribution in [2.45, 2.75) is 25.7 Å². The van der Waals surface area contributed by atoms with E-state index in [1.54, 1.807) is 0 Å². The van der Waals surface area contributed by atoms with Gasteiger partial charge in [-0.15, -0.1) is 0 Å². The molecule has 0 atom stereocenters. The van der Waals surface area contributed by atoms with E-state index in [1.807, 2.05) is 0 Å². The predicted molar refractivity (Wildman–Crippen MR) is 63.5 cm³/mol. The highest BCUT2D eigenvalue weighted by molar-refractivity contribution is 5.78. The van der Waals surface area contributed by atoms with Crippen molar-refractivity contribution in [1.29, 1.82) is 0 Å². The van der Waals surface area contributed by atoms with Crippen LogP contribution in [-0.4, -0.2) is 25.5 Å². The standard InChI is InChI=1S/C12H8F6N4O/c1-6(23)2-7-5-22(21-9(7)11(13,14)15)8-3-19-10(20-4-8)12(16,17)18/h3-5H,2H2,1H3. The number of hydrogen-bond acceptors (Lipinski definition) is 4. The van der Waals surface area contributed by atoms with Crippen LogP contribution in [0.4, 0.5) is 26.3 Å². The van der Waals surface area contributed by atoms with Gasteiger partial charge in [-0.2, -0.15) is 31.4 Å². The first-order valence-corrected chi connectivity index (χ1v) is 6.03. The lowest BCUT2D eigenvalue weighted by atomic mass is 10.1. The maximum absolute atomic E-state index is 12.9. The number of nitrogens with zero attached hydrogens (tertiary/aromatic N) is 4. The minimum Gasteiger partial charge on any atom is -0.300 e. The SMILES string of the molecule is CC(=O)Cc1cn(-c2cnc(C(F)(F)F)nc2)nc1C(F)(F)F. The van der Waals surface area contributed by atoms with E-state index in [2.05, 4.69) is 15.1 Å². The second kappa shape index (κ2) is 5.63. The van der Waals surface area contributed by atoms with Gasteiger partial charge in [0.15, 0.2) is 5.69 Å². The molecule has 11 heteroatoms. The van der Waals surface area contributed by atoms with Crippen LogP contribution in [0, 0.1) is 0 Å². The lowest BCUT2D eigenvalue weighted by molar-refractivity contribution is -0.145. The molecule has 0 N–H and O–H groups in total. The van der Waals surface area contributed by atoms with Gasteiger partial charge >= 0.3 is 12.4 Å². The normalized spacial score (nSPS) is 12.5. The maximum atomic E-state index is 12.9. The van der Waals surface area contributed by atoms with Crippen LogP contribution in [0.5, 0.6) is 0 Å². The quantitative estimate of drug-likeness (QED) is 0.808. The number of ketones is 1. The molecule has 23 heavy (non-hydrogen) atoms. The van der Waals surface area contributed by atoms with Crippen molar-refractivity contribution < 1.29 is 31.1 Å². The van der Waals surface area contributed by atoms with Gasteiger partial charge in [0.05, 0.1) is 12.4 Å². The molecular formula is C12H8F6N4O. The molecule has 0 bridgehead atoms. The van der Waals surface area contributed by atoms with E-state index in [4.69, 9.17) is 0 Å². The zero-order chi connectivity index (χ0) is 17.4. The van der Waals surface area contributed by atoms with Gasteiger partial charge in [-0.05, 0) is 6.92 Å². The number of aromatic nitrogens is 4. The van der Waals surface area contributed by atoms with Crippen molar-refractivity contribution in [3.8, 4) is 5.69 Å². The highest BCUT2D eigenvalue weighted by atomic mass is 19.4. The fraction of sp³-hybridized carbons (Fsp3) is 0.333. The van der Waals surface area contributed by atoms with Crippen molar-refractivity contribution in [1.82, 2.24) is 19.7 Å². The zero-order valence-corrected chi connectivity index (χ0v) is 11.4. The van der Waals surface area contributed by atoms with Crippen LogP contribution in [0.1, 0.15) is 24.0 Å². The summed E-state index contributed by atoms with van der Waals surface area (Å²) in [5.74, 6) is -1.94. The third kappa shape index (κ3) is 3.85. The van der Waals surface area contributed by atoms with Gasteiger partial charge in [0.1, 0.15) is 11.5 Å². The van der Waals surface area contributed by atoms with Gasteiger partial charge in [0.25, 0.3) is 0 Å². The molecule has 0 amide bonds. The lowest BCUT2D eigenvalue weighted by Crippen LogP contribution is -2.12. The molecular weight excluding hydrogens is 330 g/mol. The fourth-order valence-electron chi connectivity index (χ4n) is 1.76. The van der Waals surface area contributed by atoms with Gasteiger partial charge in [-0.1, -0.05) is 0 Å². The third-order valence-corrected chi connectivity index (χ3v) is 2.65. The second-order valence-electron chi connectivity index (χ2n) is 4.59. The molecule has 2 aromatic rings. The van der Waals surface area contributed by atoms with Crippen molar-refractivity contribution in [3.05, 3.63) is 35.7 Å². The van der Waals surface area contributed by atoms with Crippen molar-refractivity contribution in [2.24, 2.45) is 0 Å². The Morgan fingerprint density at radius 3 is 2.09 bits per heavy atom. The largest absolute Gasteiger partial charge is 0.451 e. The minimum absolute atomic E-state index is 0.196. The van der Waals surface area contributed by atoms with Crippen molar-refractivity contribution in [3.63, 3.8) is 0 Å². The summed E-state index contributed by atoms with van der Waals surface area (Å²) in [7, 11) is 0. The number of alkyl halides is 6. The number of Topliss-reactive ketones (excluding diaryl/α,β-unsaturated/α-hetero) is 1. The monoisotopic (exact) mass is 338 g/mol. The van der Waals surface area contributed by atoms with Crippen LogP contribution in [0.3, 0.4) is 0 Å². The van der Waals surface area contributed by atoms with E-state index in [1.165, 1.54) is 0 Å². The first-order chi connectivity index (χ1) is 10.5. The average Bonchev–Trinajstić information content (AvgIpc) is 2.81. The molecule has 0 saturated carbocycles. The molecule has 0 aliphatic carbocycles. The molecule has 0 spiro atoms. The predicted octanol–water partition coefficient (Wildman–Crippen LogP) is 2.83. The Morgan fingerprint density at radius 1 is 1.09 bits per heavy atom. The molecule has 0 radical (unpaired) electrons. The first kappa shape index (κ1) is 16.9. The van der Waals surface area contributed by atoms with Crippen LogP contribution >= 0.6 is 0 Å². The summed E-state index contributed by atoms with van der Waals surface area (Å²) >= 11 is 0. The summed E-state index contributed by atoms with van der Waals surface area (Å²) in [6.07, 6.45) is -7.77. The number of carbonyl (C=O) groups excluding carboxylic acids is 1. The number of hydrogen-bond donors (Lipinski definition) is 0. The van der Waals surface area contributed by atoms with Gasteiger partial charge in [0, 0.05) is 18.2 Å². The Kier molecular flexibility index (Phi) is 4.14. The van der Waals surface area contributed by atoms with Crippen LogP contribution in [-0.2, 0) is 23.6 Å². The molecule has 124 valence electrons. The topological polar surface area (TPSA) is 60.7 Å². The van der Waals surface area contributed by atoms with Crippen LogP contribution in [0.25, 0.3) is 5.69 Å². The summed E-state index contributed by atoms with van der Waals surface area (Å²) in [4.78, 5) is 17.1. The fourth-order valence-corrected chi connectivity index (χ4v) is 1.76. The average molecular weight is 338 g/mol. The summed E-state index contributed by atoms with van der Waals surface area (Å²) in [5, 5.41) is 3.27. The van der Waals surface area contributed by atoms with Gasteiger partial charge in [0.2, 0.25) is 5.82 Å². The van der Waals surface area contributed by atoms with Gasteiger partial charge < -0.3 is 0 Å². The molecule has 0 fully saturated rings. The van der Waals surface area contributed by atoms with Crippen LogP contribution in [0.15, 0.2) is 18.6 Å². The van der Waals surface area contributed by atoms with E-state index in [0.29, 0.717) is 17.1 Å². The van der Waals surface area contributed by atoms with Crippen molar-refractivity contribution in [2.75, 3.05) is 0 Å². The zero-order valence-electron chi connectivity index (χ0n) is 11.4. The van der Waals surface area contributed by atoms with E-state index >= 15 is 0 Å². The molecule has 5 nitrogen and oxygen atoms in total. The number of carbonyl (C=O) groups is 1. The van der Waals surface area contributed by atoms with E-state index in [-0.39, 0.29) is 11.3 Å². The Hall–Kier alpha value is -2.46. The minimum atomic E-state index is -4.80. The van der Waals surface area contributed by atoms with Crippen LogP contribution < -0.4 is 0 Å². The molecule has 0 aliphatic rings. The van der Waals surface area contributed by atoms with E-state index in [0.717, 1.165) is 13.1 Å². The molecule has 0 unspecified atom stereocenters. The summed E-state index contributed by atoms with van der Waals surface area (Å²) in [6, 6.07) is 0. The number of rotatable bonds is 3. The smallest absolute Gasteiger partial charge is 0.300 e. The van der Waals surface area contributed by atoms with Crippen molar-refractivity contribution >= 4 is 5.78 Å². The van der Waals surface area contributed by atoms with E-state index < -0.39 is 36.1 Å². The Balaban J connectivity index is 2.44. The number of halogens is 6. The van der Waals surface area contributed by atoms with Gasteiger partial charge in [-0.3, -0.25) is 4.79 Å². The summed E-state index contributed by atoms with van der Waals surface area (Å²) < 4.78 is 76.4. The Morgan fingerprint density at radius 2 is 1.65 bits per heavy atom. The molecule has 2 heterocycles. The van der Waals surface area contributed by atoms with Gasteiger partial charge in [-0.25, -0.2) is 14.6 Å². The highest BCUT2D eigenvalue weighted by Crippen LogP contribution is 2.32. The maximum Gasteiger partial charge on any atom is 0.451 e.